The Labute approximate surface area is 81.7 Å². The number of allylic oxidation sites excluding steroid dienone is 1. The Hall–Kier alpha value is -1.90. The van der Waals surface area contributed by atoms with E-state index < -0.39 is 0 Å². The monoisotopic (exact) mass is 190 g/mol. The molecule has 0 spiro atoms. The quantitative estimate of drug-likeness (QED) is 0.736. The molecule has 0 aliphatic rings. The van der Waals surface area contributed by atoms with E-state index >= 15 is 0 Å². The Morgan fingerprint density at radius 3 is 2.64 bits per heavy atom. The zero-order valence-corrected chi connectivity index (χ0v) is 7.51. The molecule has 0 fully saturated rings. The zero-order valence-electron chi connectivity index (χ0n) is 7.51. The molecule has 0 unspecified atom stereocenters. The largest absolute Gasteiger partial charge is 0.508 e. The summed E-state index contributed by atoms with van der Waals surface area (Å²) in [4.78, 5) is 20.6. The van der Waals surface area contributed by atoms with Gasteiger partial charge in [-0.05, 0) is 17.7 Å². The maximum absolute atomic E-state index is 10.6. The second-order valence-electron chi connectivity index (χ2n) is 2.74. The first-order valence-corrected chi connectivity index (χ1v) is 4.16. The van der Waals surface area contributed by atoms with Gasteiger partial charge < -0.3 is 9.90 Å². The van der Waals surface area contributed by atoms with Crippen LogP contribution >= 0.6 is 0 Å². The summed E-state index contributed by atoms with van der Waals surface area (Å²) in [5, 5.41) is 9.10. The molecule has 0 radical (unpaired) electrons. The number of carbonyl (C=O) groups is 2. The lowest BCUT2D eigenvalue weighted by Gasteiger charge is -1.98. The number of hydrogen-bond acceptors (Lipinski definition) is 3. The summed E-state index contributed by atoms with van der Waals surface area (Å²) in [7, 11) is 0. The number of carbonyl (C=O) groups excluding carboxylic acids is 2. The highest BCUT2D eigenvalue weighted by Crippen LogP contribution is 2.16. The van der Waals surface area contributed by atoms with Gasteiger partial charge in [0.1, 0.15) is 12.0 Å². The third-order valence-electron chi connectivity index (χ3n) is 1.73. The fourth-order valence-corrected chi connectivity index (χ4v) is 1.07. The minimum Gasteiger partial charge on any atom is -0.508 e. The van der Waals surface area contributed by atoms with E-state index in [4.69, 9.17) is 5.11 Å². The normalized spacial score (nSPS) is 10.3. The highest BCUT2D eigenvalue weighted by Gasteiger charge is 1.98. The summed E-state index contributed by atoms with van der Waals surface area (Å²) in [6.07, 6.45) is 5.10. The molecule has 0 bridgehead atoms. The van der Waals surface area contributed by atoms with Gasteiger partial charge in [0.25, 0.3) is 0 Å². The molecule has 0 heterocycles. The summed E-state index contributed by atoms with van der Waals surface area (Å²) < 4.78 is 0. The highest BCUT2D eigenvalue weighted by molar-refractivity contribution is 5.82. The van der Waals surface area contributed by atoms with Crippen LogP contribution in [0.15, 0.2) is 24.3 Å². The molecular formula is C11H10O3. The van der Waals surface area contributed by atoms with Gasteiger partial charge in [-0.25, -0.2) is 0 Å². The van der Waals surface area contributed by atoms with Gasteiger partial charge in [0.2, 0.25) is 0 Å². The van der Waals surface area contributed by atoms with Crippen LogP contribution in [0.5, 0.6) is 5.75 Å². The molecule has 3 nitrogen and oxygen atoms in total. The van der Waals surface area contributed by atoms with Gasteiger partial charge in [-0.2, -0.15) is 0 Å². The van der Waals surface area contributed by atoms with E-state index in [-0.39, 0.29) is 5.75 Å². The summed E-state index contributed by atoms with van der Waals surface area (Å²) in [5.74, 6) is 0.0552. The van der Waals surface area contributed by atoms with Crippen molar-refractivity contribution in [2.45, 2.75) is 6.42 Å². The molecule has 0 aliphatic carbocycles. The molecule has 3 heteroatoms. The number of aldehydes is 2. The molecule has 0 saturated heterocycles. The van der Waals surface area contributed by atoms with Gasteiger partial charge in [-0.3, -0.25) is 4.79 Å². The van der Waals surface area contributed by atoms with Crippen LogP contribution < -0.4 is 0 Å². The number of aromatic hydroxyl groups is 1. The van der Waals surface area contributed by atoms with Gasteiger partial charge in [-0.15, -0.1) is 0 Å². The third-order valence-corrected chi connectivity index (χ3v) is 1.73. The lowest BCUT2D eigenvalue weighted by Crippen LogP contribution is -1.85. The Balaban J connectivity index is 2.95. The van der Waals surface area contributed by atoms with E-state index in [1.807, 2.05) is 0 Å². The van der Waals surface area contributed by atoms with Crippen molar-refractivity contribution in [2.75, 3.05) is 0 Å². The van der Waals surface area contributed by atoms with Crippen LogP contribution in [0.25, 0.3) is 6.08 Å². The summed E-state index contributed by atoms with van der Waals surface area (Å²) in [5.41, 5.74) is 1.10. The number of phenolic OH excluding ortho intramolecular Hbond substituents is 1. The van der Waals surface area contributed by atoms with Gasteiger partial charge in [0.05, 0.1) is 0 Å². The van der Waals surface area contributed by atoms with Crippen LogP contribution in [-0.2, 0) is 4.79 Å². The minimum atomic E-state index is 0.0552. The van der Waals surface area contributed by atoms with E-state index in [9.17, 15) is 9.59 Å². The lowest BCUT2D eigenvalue weighted by atomic mass is 10.1. The second kappa shape index (κ2) is 4.97. The summed E-state index contributed by atoms with van der Waals surface area (Å²) >= 11 is 0. The van der Waals surface area contributed by atoms with Gasteiger partial charge in [0, 0.05) is 12.0 Å². The first kappa shape index (κ1) is 10.2. The lowest BCUT2D eigenvalue weighted by molar-refractivity contribution is -0.107. The molecular weight excluding hydrogens is 180 g/mol. The maximum atomic E-state index is 10.6. The van der Waals surface area contributed by atoms with Crippen molar-refractivity contribution in [3.63, 3.8) is 0 Å². The van der Waals surface area contributed by atoms with Crippen molar-refractivity contribution < 1.29 is 14.7 Å². The number of rotatable bonds is 4. The molecule has 0 aromatic heterocycles. The molecule has 14 heavy (non-hydrogen) atoms. The predicted octanol–water partition coefficient (Wildman–Crippen LogP) is 1.81. The Morgan fingerprint density at radius 2 is 2.00 bits per heavy atom. The van der Waals surface area contributed by atoms with E-state index in [0.717, 1.165) is 6.29 Å². The fraction of sp³-hybridized carbons (Fsp3) is 0.0909. The zero-order chi connectivity index (χ0) is 10.4. The average Bonchev–Trinajstić information content (AvgIpc) is 2.20. The smallest absolute Gasteiger partial charge is 0.150 e. The van der Waals surface area contributed by atoms with Crippen LogP contribution in [0.4, 0.5) is 0 Å². The van der Waals surface area contributed by atoms with Crippen molar-refractivity contribution in [2.24, 2.45) is 0 Å². The maximum Gasteiger partial charge on any atom is 0.150 e. The molecule has 0 atom stereocenters. The van der Waals surface area contributed by atoms with Gasteiger partial charge in [0.15, 0.2) is 6.29 Å². The van der Waals surface area contributed by atoms with E-state index in [1.165, 1.54) is 12.1 Å². The minimum absolute atomic E-state index is 0.0552. The topological polar surface area (TPSA) is 54.4 Å². The molecule has 1 rings (SSSR count). The van der Waals surface area contributed by atoms with Crippen LogP contribution in [0, 0.1) is 0 Å². The van der Waals surface area contributed by atoms with Crippen molar-refractivity contribution >= 4 is 18.6 Å². The van der Waals surface area contributed by atoms with Crippen LogP contribution in [0.1, 0.15) is 22.3 Å². The van der Waals surface area contributed by atoms with Gasteiger partial charge in [-0.1, -0.05) is 18.2 Å². The molecule has 1 aromatic rings. The molecule has 0 amide bonds. The SMILES string of the molecule is O=CCC=Cc1ccc(O)cc1C=O. The standard InChI is InChI=1S/C11H10O3/c12-6-2-1-3-9-4-5-11(14)7-10(9)8-13/h1,3-8,14H,2H2. The van der Waals surface area contributed by atoms with Crippen molar-refractivity contribution in [1.82, 2.24) is 0 Å². The summed E-state index contributed by atoms with van der Waals surface area (Å²) in [6.45, 7) is 0. The predicted molar refractivity (Wildman–Crippen MR) is 53.2 cm³/mol. The van der Waals surface area contributed by atoms with E-state index in [2.05, 4.69) is 0 Å². The average molecular weight is 190 g/mol. The Kier molecular flexibility index (Phi) is 3.61. The van der Waals surface area contributed by atoms with E-state index in [1.54, 1.807) is 18.2 Å². The number of benzene rings is 1. The molecule has 0 saturated carbocycles. The second-order valence-corrected chi connectivity index (χ2v) is 2.74. The van der Waals surface area contributed by atoms with Crippen molar-refractivity contribution in [3.05, 3.63) is 35.4 Å². The van der Waals surface area contributed by atoms with Crippen molar-refractivity contribution in [3.8, 4) is 5.75 Å². The van der Waals surface area contributed by atoms with Crippen molar-refractivity contribution in [1.29, 1.82) is 0 Å². The molecule has 1 N–H and O–H groups in total. The number of phenols is 1. The van der Waals surface area contributed by atoms with Crippen LogP contribution in [-0.4, -0.2) is 17.7 Å². The van der Waals surface area contributed by atoms with E-state index in [0.29, 0.717) is 23.8 Å². The Morgan fingerprint density at radius 1 is 1.21 bits per heavy atom. The third kappa shape index (κ3) is 2.55. The van der Waals surface area contributed by atoms with Crippen LogP contribution in [0.2, 0.25) is 0 Å². The Bertz CT molecular complexity index is 367. The summed E-state index contributed by atoms with van der Waals surface area (Å²) in [6, 6.07) is 4.50. The highest BCUT2D eigenvalue weighted by atomic mass is 16.3. The molecule has 72 valence electrons. The molecule has 1 aromatic carbocycles. The van der Waals surface area contributed by atoms with Gasteiger partial charge >= 0.3 is 0 Å². The first-order valence-electron chi connectivity index (χ1n) is 4.16. The van der Waals surface area contributed by atoms with Crippen LogP contribution in [0.3, 0.4) is 0 Å². The first-order chi connectivity index (χ1) is 6.77. The molecule has 0 aliphatic heterocycles. The number of hydrogen-bond donors (Lipinski definition) is 1. The fourth-order valence-electron chi connectivity index (χ4n) is 1.07.